The lowest BCUT2D eigenvalue weighted by Crippen LogP contribution is -2.47. The summed E-state index contributed by atoms with van der Waals surface area (Å²) in [6.07, 6.45) is 0.679. The van der Waals surface area contributed by atoms with Crippen molar-refractivity contribution in [2.75, 3.05) is 26.9 Å². The SMILES string of the molecule is COC(=O)COC1(c2ccc(Br)cc2)CCONC1. The van der Waals surface area contributed by atoms with E-state index in [9.17, 15) is 4.79 Å². The van der Waals surface area contributed by atoms with Crippen molar-refractivity contribution in [2.24, 2.45) is 0 Å². The van der Waals surface area contributed by atoms with Gasteiger partial charge in [-0.2, -0.15) is 5.48 Å². The fourth-order valence-corrected chi connectivity index (χ4v) is 2.27. The van der Waals surface area contributed by atoms with Crippen molar-refractivity contribution in [1.29, 1.82) is 0 Å². The molecule has 1 unspecified atom stereocenters. The molecule has 2 rings (SSSR count). The van der Waals surface area contributed by atoms with Gasteiger partial charge in [0.25, 0.3) is 0 Å². The third-order valence-electron chi connectivity index (χ3n) is 3.13. The van der Waals surface area contributed by atoms with Crippen molar-refractivity contribution in [2.45, 2.75) is 12.0 Å². The Hall–Kier alpha value is -0.950. The summed E-state index contributed by atoms with van der Waals surface area (Å²) in [7, 11) is 1.35. The highest BCUT2D eigenvalue weighted by molar-refractivity contribution is 9.10. The molecule has 5 nitrogen and oxygen atoms in total. The van der Waals surface area contributed by atoms with Crippen LogP contribution in [0.4, 0.5) is 0 Å². The highest BCUT2D eigenvalue weighted by Crippen LogP contribution is 2.32. The van der Waals surface area contributed by atoms with Gasteiger partial charge < -0.3 is 14.3 Å². The number of benzene rings is 1. The maximum atomic E-state index is 11.3. The molecule has 1 aromatic rings. The molecule has 0 amide bonds. The van der Waals surface area contributed by atoms with Crippen LogP contribution in [0.5, 0.6) is 0 Å². The minimum atomic E-state index is -0.562. The molecule has 0 aromatic heterocycles. The van der Waals surface area contributed by atoms with E-state index >= 15 is 0 Å². The van der Waals surface area contributed by atoms with Crippen LogP contribution < -0.4 is 5.48 Å². The second kappa shape index (κ2) is 6.47. The van der Waals surface area contributed by atoms with Gasteiger partial charge >= 0.3 is 5.97 Å². The summed E-state index contributed by atoms with van der Waals surface area (Å²) >= 11 is 3.41. The van der Waals surface area contributed by atoms with Gasteiger partial charge in [-0.25, -0.2) is 4.79 Å². The lowest BCUT2D eigenvalue weighted by atomic mass is 9.90. The van der Waals surface area contributed by atoms with Gasteiger partial charge in [0.1, 0.15) is 12.2 Å². The van der Waals surface area contributed by atoms with E-state index in [0.29, 0.717) is 19.6 Å². The van der Waals surface area contributed by atoms with E-state index < -0.39 is 5.60 Å². The van der Waals surface area contributed by atoms with Gasteiger partial charge in [-0.05, 0) is 17.7 Å². The van der Waals surface area contributed by atoms with Crippen LogP contribution in [-0.2, 0) is 24.7 Å². The Balaban J connectivity index is 2.18. The Morgan fingerprint density at radius 3 is 2.79 bits per heavy atom. The second-order valence-electron chi connectivity index (χ2n) is 4.29. The average molecular weight is 330 g/mol. The number of methoxy groups -OCH3 is 1. The minimum absolute atomic E-state index is 0.0752. The van der Waals surface area contributed by atoms with Crippen LogP contribution in [0.3, 0.4) is 0 Å². The third kappa shape index (κ3) is 3.54. The number of ether oxygens (including phenoxy) is 2. The van der Waals surface area contributed by atoms with Crippen LogP contribution in [-0.4, -0.2) is 32.8 Å². The van der Waals surface area contributed by atoms with Crippen LogP contribution in [0.15, 0.2) is 28.7 Å². The molecule has 6 heteroatoms. The van der Waals surface area contributed by atoms with Gasteiger partial charge in [-0.3, -0.25) is 0 Å². The van der Waals surface area contributed by atoms with Crippen molar-refractivity contribution in [3.8, 4) is 0 Å². The van der Waals surface area contributed by atoms with Gasteiger partial charge in [0, 0.05) is 10.9 Å². The van der Waals surface area contributed by atoms with Crippen molar-refractivity contribution < 1.29 is 19.1 Å². The summed E-state index contributed by atoms with van der Waals surface area (Å²) < 4.78 is 11.4. The van der Waals surface area contributed by atoms with Crippen LogP contribution in [0, 0.1) is 0 Å². The Bertz CT molecular complexity index is 429. The topological polar surface area (TPSA) is 56.8 Å². The summed E-state index contributed by atoms with van der Waals surface area (Å²) in [5.74, 6) is -0.386. The quantitative estimate of drug-likeness (QED) is 0.853. The van der Waals surface area contributed by atoms with E-state index in [4.69, 9.17) is 9.57 Å². The molecule has 1 N–H and O–H groups in total. The van der Waals surface area contributed by atoms with E-state index in [2.05, 4.69) is 26.1 Å². The predicted molar refractivity (Wildman–Crippen MR) is 72.4 cm³/mol. The Morgan fingerprint density at radius 1 is 1.47 bits per heavy atom. The molecule has 1 aliphatic heterocycles. The van der Waals surface area contributed by atoms with Crippen LogP contribution in [0.2, 0.25) is 0 Å². The maximum Gasteiger partial charge on any atom is 0.331 e. The van der Waals surface area contributed by atoms with Gasteiger partial charge in [0.15, 0.2) is 0 Å². The lowest BCUT2D eigenvalue weighted by Gasteiger charge is -2.37. The van der Waals surface area contributed by atoms with Gasteiger partial charge in [0.05, 0.1) is 20.3 Å². The van der Waals surface area contributed by atoms with E-state index in [1.807, 2.05) is 24.3 Å². The normalized spacial score (nSPS) is 23.1. The predicted octanol–water partition coefficient (Wildman–Crippen LogP) is 1.76. The molecule has 0 bridgehead atoms. The number of halogens is 1. The molecule has 104 valence electrons. The minimum Gasteiger partial charge on any atom is -0.467 e. The summed E-state index contributed by atoms with van der Waals surface area (Å²) in [6, 6.07) is 7.87. The Kier molecular flexibility index (Phi) is 4.93. The van der Waals surface area contributed by atoms with Crippen molar-refractivity contribution in [3.05, 3.63) is 34.3 Å². The number of rotatable bonds is 4. The third-order valence-corrected chi connectivity index (χ3v) is 3.66. The molecule has 1 fully saturated rings. The first-order valence-corrected chi connectivity index (χ1v) is 6.77. The smallest absolute Gasteiger partial charge is 0.331 e. The largest absolute Gasteiger partial charge is 0.467 e. The number of hydrogen-bond donors (Lipinski definition) is 1. The van der Waals surface area contributed by atoms with E-state index in [0.717, 1.165) is 10.0 Å². The maximum absolute atomic E-state index is 11.3. The number of carbonyl (C=O) groups is 1. The van der Waals surface area contributed by atoms with Crippen molar-refractivity contribution >= 4 is 21.9 Å². The monoisotopic (exact) mass is 329 g/mol. The standard InChI is InChI=1S/C13H16BrNO4/c1-17-12(16)8-18-13(6-7-19-15-9-13)10-2-4-11(14)5-3-10/h2-5,15H,6-9H2,1H3. The number of esters is 1. The second-order valence-corrected chi connectivity index (χ2v) is 5.20. The zero-order chi connectivity index (χ0) is 13.7. The van der Waals surface area contributed by atoms with Gasteiger partial charge in [0.2, 0.25) is 0 Å². The first kappa shape index (κ1) is 14.5. The molecule has 0 aliphatic carbocycles. The molecule has 0 radical (unpaired) electrons. The molecule has 1 atom stereocenters. The fraction of sp³-hybridized carbons (Fsp3) is 0.462. The molecule has 1 heterocycles. The van der Waals surface area contributed by atoms with E-state index in [-0.39, 0.29) is 12.6 Å². The molecule has 0 saturated carbocycles. The first-order valence-electron chi connectivity index (χ1n) is 5.98. The van der Waals surface area contributed by atoms with Gasteiger partial charge in [-0.1, -0.05) is 28.1 Å². The van der Waals surface area contributed by atoms with Crippen LogP contribution in [0.25, 0.3) is 0 Å². The highest BCUT2D eigenvalue weighted by atomic mass is 79.9. The molecule has 19 heavy (non-hydrogen) atoms. The number of hydrogen-bond acceptors (Lipinski definition) is 5. The molecule has 0 spiro atoms. The van der Waals surface area contributed by atoms with E-state index in [1.54, 1.807) is 0 Å². The van der Waals surface area contributed by atoms with Crippen molar-refractivity contribution in [3.63, 3.8) is 0 Å². The molecule has 1 saturated heterocycles. The number of carbonyl (C=O) groups excluding carboxylic acids is 1. The molecule has 1 aromatic carbocycles. The average Bonchev–Trinajstić information content (AvgIpc) is 2.46. The summed E-state index contributed by atoms with van der Waals surface area (Å²) in [6.45, 7) is 0.942. The zero-order valence-corrected chi connectivity index (χ0v) is 12.2. The summed E-state index contributed by atoms with van der Waals surface area (Å²) in [4.78, 5) is 16.4. The number of hydroxylamine groups is 1. The summed E-state index contributed by atoms with van der Waals surface area (Å²) in [5.41, 5.74) is 3.29. The Labute approximate surface area is 120 Å². The molecule has 1 aliphatic rings. The molecular formula is C13H16BrNO4. The van der Waals surface area contributed by atoms with Gasteiger partial charge in [-0.15, -0.1) is 0 Å². The first-order chi connectivity index (χ1) is 9.16. The lowest BCUT2D eigenvalue weighted by molar-refractivity contribution is -0.167. The fourth-order valence-electron chi connectivity index (χ4n) is 2.01. The highest BCUT2D eigenvalue weighted by Gasteiger charge is 2.36. The zero-order valence-electron chi connectivity index (χ0n) is 10.6. The Morgan fingerprint density at radius 2 is 2.21 bits per heavy atom. The molecular weight excluding hydrogens is 314 g/mol. The number of nitrogens with one attached hydrogen (secondary N) is 1. The van der Waals surface area contributed by atoms with Crippen LogP contribution in [0.1, 0.15) is 12.0 Å². The van der Waals surface area contributed by atoms with Crippen LogP contribution >= 0.6 is 15.9 Å². The van der Waals surface area contributed by atoms with Crippen molar-refractivity contribution in [1.82, 2.24) is 5.48 Å². The van der Waals surface area contributed by atoms with E-state index in [1.165, 1.54) is 7.11 Å². The summed E-state index contributed by atoms with van der Waals surface area (Å²) in [5, 5.41) is 0.